The fourth-order valence-electron chi connectivity index (χ4n) is 7.53. The number of nitrogens with one attached hydrogen (secondary N) is 1. The lowest BCUT2D eigenvalue weighted by Gasteiger charge is -2.33. The lowest BCUT2D eigenvalue weighted by Crippen LogP contribution is -2.27. The van der Waals surface area contributed by atoms with Crippen LogP contribution < -0.4 is 14.8 Å². The van der Waals surface area contributed by atoms with E-state index in [4.69, 9.17) is 33.5 Å². The van der Waals surface area contributed by atoms with E-state index in [1.54, 1.807) is 7.11 Å². The Morgan fingerprint density at radius 1 is 0.586 bits per heavy atom. The van der Waals surface area contributed by atoms with Gasteiger partial charge in [0.15, 0.2) is 0 Å². The van der Waals surface area contributed by atoms with E-state index < -0.39 is 5.97 Å². The molecule has 0 aromatic heterocycles. The Labute approximate surface area is 342 Å². The number of carboxylic acids is 1. The summed E-state index contributed by atoms with van der Waals surface area (Å²) in [7, 11) is 1.68. The van der Waals surface area contributed by atoms with Gasteiger partial charge in [-0.05, 0) is 119 Å². The van der Waals surface area contributed by atoms with Crippen LogP contribution in [0.25, 0.3) is 33.4 Å². The van der Waals surface area contributed by atoms with Gasteiger partial charge in [-0.25, -0.2) is 0 Å². The molecule has 4 aromatic carbocycles. The van der Waals surface area contributed by atoms with Gasteiger partial charge in [-0.3, -0.25) is 9.59 Å². The van der Waals surface area contributed by atoms with Crippen LogP contribution in [-0.2, 0) is 34.0 Å². The predicted octanol–water partition coefficient (Wildman–Crippen LogP) is 7.68. The van der Waals surface area contributed by atoms with Crippen molar-refractivity contribution in [1.29, 1.82) is 0 Å². The molecule has 0 bridgehead atoms. The third-order valence-electron chi connectivity index (χ3n) is 10.4. The summed E-state index contributed by atoms with van der Waals surface area (Å²) in [4.78, 5) is 21.8. The zero-order valence-corrected chi connectivity index (χ0v) is 34.0. The van der Waals surface area contributed by atoms with Crippen LogP contribution in [0.4, 0.5) is 0 Å². The molecule has 0 radical (unpaired) electrons. The van der Waals surface area contributed by atoms with Crippen molar-refractivity contribution in [2.24, 2.45) is 0 Å². The topological polar surface area (TPSA) is 142 Å². The van der Waals surface area contributed by atoms with Crippen molar-refractivity contribution in [2.75, 3.05) is 79.7 Å². The van der Waals surface area contributed by atoms with Crippen molar-refractivity contribution >= 4 is 11.9 Å². The van der Waals surface area contributed by atoms with Crippen LogP contribution in [0.1, 0.15) is 63.0 Å². The lowest BCUT2D eigenvalue weighted by atomic mass is 9.70. The number of fused-ring (bicyclic) bond motifs is 3. The Kier molecular flexibility index (Phi) is 18.0. The number of carboxylic acid groups (broad SMARTS) is 1. The SMILES string of the molecule is COCCOCCCC1(CCCOCCO)c2cc(-c3ccc(OCCCCNC(C)=O)cc3)ccc2-c2ccc(-c3ccc(OCCOCCC(=O)O)cc3)cc21. The summed E-state index contributed by atoms with van der Waals surface area (Å²) in [5, 5.41) is 21.0. The van der Waals surface area contributed by atoms with Gasteiger partial charge in [0.1, 0.15) is 18.1 Å². The molecule has 0 saturated heterocycles. The van der Waals surface area contributed by atoms with E-state index in [9.17, 15) is 14.7 Å². The van der Waals surface area contributed by atoms with E-state index in [0.717, 1.165) is 72.3 Å². The standard InChI is InChI=1S/C47H59NO10/c1-35(50)48-22-3-4-26-57-40-13-7-36(8-14-40)38-11-17-42-43-18-12-39(37-9-15-41(16-10-37)58-32-31-56-27-19-46(51)52)34-45(43)47(44(42)33-38,20-5-24-54-28-23-49)21-6-25-55-30-29-53-2/h7-18,33-34,49H,3-6,19-32H2,1-2H3,(H,48,50)(H,51,52). The number of rotatable bonds is 28. The molecule has 58 heavy (non-hydrogen) atoms. The molecule has 1 aliphatic carbocycles. The van der Waals surface area contributed by atoms with Crippen LogP contribution in [0.2, 0.25) is 0 Å². The average Bonchev–Trinajstić information content (AvgIpc) is 3.50. The van der Waals surface area contributed by atoms with E-state index in [2.05, 4.69) is 66.0 Å². The molecule has 0 heterocycles. The second kappa shape index (κ2) is 23.6. The van der Waals surface area contributed by atoms with Crippen LogP contribution >= 0.6 is 0 Å². The smallest absolute Gasteiger partial charge is 0.305 e. The fraction of sp³-hybridized carbons (Fsp3) is 0.447. The summed E-state index contributed by atoms with van der Waals surface area (Å²) < 4.78 is 34.2. The second-order valence-electron chi connectivity index (χ2n) is 14.4. The highest BCUT2D eigenvalue weighted by molar-refractivity contribution is 5.86. The van der Waals surface area contributed by atoms with Crippen LogP contribution in [-0.4, -0.2) is 102 Å². The van der Waals surface area contributed by atoms with Crippen molar-refractivity contribution in [3.8, 4) is 44.9 Å². The second-order valence-corrected chi connectivity index (χ2v) is 14.4. The molecule has 5 rings (SSSR count). The number of ether oxygens (including phenoxy) is 6. The molecule has 0 spiro atoms. The van der Waals surface area contributed by atoms with Gasteiger partial charge < -0.3 is 44.0 Å². The minimum Gasteiger partial charge on any atom is -0.494 e. The minimum atomic E-state index is -0.884. The van der Waals surface area contributed by atoms with Gasteiger partial charge in [0, 0.05) is 39.2 Å². The number of aliphatic hydroxyl groups is 1. The number of hydrogen-bond donors (Lipinski definition) is 3. The summed E-state index contributed by atoms with van der Waals surface area (Å²) in [5.74, 6) is 0.636. The van der Waals surface area contributed by atoms with Gasteiger partial charge in [-0.2, -0.15) is 0 Å². The monoisotopic (exact) mass is 797 g/mol. The van der Waals surface area contributed by atoms with Crippen molar-refractivity contribution in [2.45, 2.75) is 57.3 Å². The van der Waals surface area contributed by atoms with E-state index in [0.29, 0.717) is 59.4 Å². The molecule has 0 fully saturated rings. The van der Waals surface area contributed by atoms with Crippen molar-refractivity contribution in [3.05, 3.63) is 96.1 Å². The summed E-state index contributed by atoms with van der Waals surface area (Å²) in [6.45, 7) is 6.16. The molecule has 1 unspecified atom stereocenters. The highest BCUT2D eigenvalue weighted by Crippen LogP contribution is 2.55. The number of hydrogen-bond acceptors (Lipinski definition) is 9. The molecular formula is C47H59NO10. The third-order valence-corrected chi connectivity index (χ3v) is 10.4. The summed E-state index contributed by atoms with van der Waals surface area (Å²) in [5.41, 5.74) is 9.16. The van der Waals surface area contributed by atoms with E-state index in [1.807, 2.05) is 24.3 Å². The maximum atomic E-state index is 11.1. The number of aliphatic carboxylic acids is 1. The molecule has 11 nitrogen and oxygen atoms in total. The molecule has 0 aliphatic heterocycles. The zero-order valence-electron chi connectivity index (χ0n) is 34.0. The molecule has 1 amide bonds. The minimum absolute atomic E-state index is 0.00479. The number of carbonyl (C=O) groups is 2. The van der Waals surface area contributed by atoms with Crippen LogP contribution in [0.3, 0.4) is 0 Å². The fourth-order valence-corrected chi connectivity index (χ4v) is 7.53. The summed E-state index contributed by atoms with van der Waals surface area (Å²) in [6.07, 6.45) is 5.11. The quantitative estimate of drug-likeness (QED) is 0.0490. The Hall–Kier alpha value is -4.78. The van der Waals surface area contributed by atoms with Gasteiger partial charge >= 0.3 is 5.97 Å². The Morgan fingerprint density at radius 2 is 1.10 bits per heavy atom. The molecular weight excluding hydrogens is 739 g/mol. The molecule has 312 valence electrons. The highest BCUT2D eigenvalue weighted by atomic mass is 16.5. The first-order valence-corrected chi connectivity index (χ1v) is 20.4. The van der Waals surface area contributed by atoms with Gasteiger partial charge in [0.2, 0.25) is 5.91 Å². The van der Waals surface area contributed by atoms with Crippen LogP contribution in [0.15, 0.2) is 84.9 Å². The Balaban J connectivity index is 1.40. The van der Waals surface area contributed by atoms with Crippen molar-refractivity contribution < 1.29 is 48.2 Å². The molecule has 4 aromatic rings. The van der Waals surface area contributed by atoms with E-state index in [-0.39, 0.29) is 31.0 Å². The first-order chi connectivity index (χ1) is 28.3. The maximum Gasteiger partial charge on any atom is 0.305 e. The van der Waals surface area contributed by atoms with Crippen molar-refractivity contribution in [1.82, 2.24) is 5.32 Å². The van der Waals surface area contributed by atoms with E-state index in [1.165, 1.54) is 29.2 Å². The lowest BCUT2D eigenvalue weighted by molar-refractivity contribution is -0.138. The maximum absolute atomic E-state index is 11.1. The first kappa shape index (κ1) is 44.3. The van der Waals surface area contributed by atoms with Crippen LogP contribution in [0.5, 0.6) is 11.5 Å². The van der Waals surface area contributed by atoms with E-state index >= 15 is 0 Å². The number of benzene rings is 4. The normalized spacial score (nSPS) is 14.2. The highest BCUT2D eigenvalue weighted by Gasteiger charge is 2.42. The largest absolute Gasteiger partial charge is 0.494 e. The van der Waals surface area contributed by atoms with Gasteiger partial charge in [0.25, 0.3) is 0 Å². The van der Waals surface area contributed by atoms with Crippen molar-refractivity contribution in [3.63, 3.8) is 0 Å². The number of amides is 1. The molecule has 0 saturated carbocycles. The predicted molar refractivity (Wildman–Crippen MR) is 225 cm³/mol. The number of aliphatic hydroxyl groups excluding tert-OH is 1. The summed E-state index contributed by atoms with van der Waals surface area (Å²) in [6, 6.07) is 29.9. The Morgan fingerprint density at radius 3 is 1.64 bits per heavy atom. The summed E-state index contributed by atoms with van der Waals surface area (Å²) >= 11 is 0. The number of unbranched alkanes of at least 4 members (excludes halogenated alkanes) is 1. The molecule has 1 atom stereocenters. The molecule has 1 aliphatic rings. The van der Waals surface area contributed by atoms with Crippen LogP contribution in [0, 0.1) is 0 Å². The Bertz CT molecular complexity index is 1740. The molecule has 3 N–H and O–H groups in total. The van der Waals surface area contributed by atoms with Gasteiger partial charge in [-0.15, -0.1) is 0 Å². The van der Waals surface area contributed by atoms with Gasteiger partial charge in [0.05, 0.1) is 52.7 Å². The zero-order chi connectivity index (χ0) is 41.0. The average molecular weight is 798 g/mol. The third kappa shape index (κ3) is 12.9. The number of carbonyl (C=O) groups excluding carboxylic acids is 1. The first-order valence-electron chi connectivity index (χ1n) is 20.4. The molecule has 11 heteroatoms. The number of methoxy groups -OCH3 is 1. The van der Waals surface area contributed by atoms with Gasteiger partial charge in [-0.1, -0.05) is 48.5 Å².